The molecule has 24 heavy (non-hydrogen) atoms. The first kappa shape index (κ1) is 20.4. The summed E-state index contributed by atoms with van der Waals surface area (Å²) in [7, 11) is 2.84. The zero-order chi connectivity index (χ0) is 18.3. The smallest absolute Gasteiger partial charge is 0.328 e. The third kappa shape index (κ3) is 4.93. The fourth-order valence-electron chi connectivity index (χ4n) is 2.36. The standard InChI is InChI=1S/C17H24ClNO5/c1-11-6-7-14(18)12(2)16(11)19(13(3)17(21)23-5)15(20)10-24-9-8-22-4/h6-7,13H,8-10H2,1-5H3. The van der Waals surface area contributed by atoms with Crippen LogP contribution in [-0.2, 0) is 23.8 Å². The van der Waals surface area contributed by atoms with E-state index >= 15 is 0 Å². The van der Waals surface area contributed by atoms with Crippen LogP contribution in [0.15, 0.2) is 12.1 Å². The molecular weight excluding hydrogens is 334 g/mol. The molecule has 1 unspecified atom stereocenters. The highest BCUT2D eigenvalue weighted by molar-refractivity contribution is 6.32. The van der Waals surface area contributed by atoms with Gasteiger partial charge in [-0.3, -0.25) is 9.69 Å². The van der Waals surface area contributed by atoms with Gasteiger partial charge in [0.25, 0.3) is 5.91 Å². The number of methoxy groups -OCH3 is 2. The van der Waals surface area contributed by atoms with Crippen LogP contribution in [0.5, 0.6) is 0 Å². The minimum Gasteiger partial charge on any atom is -0.467 e. The number of amides is 1. The average Bonchev–Trinajstić information content (AvgIpc) is 2.57. The van der Waals surface area contributed by atoms with E-state index in [1.54, 1.807) is 33.1 Å². The Bertz CT molecular complexity index is 591. The van der Waals surface area contributed by atoms with Gasteiger partial charge in [-0.2, -0.15) is 0 Å². The molecular formula is C17H24ClNO5. The lowest BCUT2D eigenvalue weighted by Crippen LogP contribution is -2.46. The summed E-state index contributed by atoms with van der Waals surface area (Å²) in [6, 6.07) is 2.76. The number of carbonyl (C=O) groups excluding carboxylic acids is 2. The molecule has 7 heteroatoms. The van der Waals surface area contributed by atoms with Crippen LogP contribution >= 0.6 is 11.6 Å². The molecule has 0 aliphatic heterocycles. The van der Waals surface area contributed by atoms with Gasteiger partial charge in [0.05, 0.1) is 26.0 Å². The second-order valence-corrected chi connectivity index (χ2v) is 5.75. The summed E-state index contributed by atoms with van der Waals surface area (Å²) in [6.07, 6.45) is 0. The molecule has 0 bridgehead atoms. The lowest BCUT2D eigenvalue weighted by atomic mass is 10.1. The average molecular weight is 358 g/mol. The lowest BCUT2D eigenvalue weighted by Gasteiger charge is -2.30. The van der Waals surface area contributed by atoms with Gasteiger partial charge in [-0.1, -0.05) is 17.7 Å². The molecule has 1 atom stereocenters. The molecule has 0 N–H and O–H groups in total. The molecule has 0 aliphatic carbocycles. The molecule has 0 saturated carbocycles. The van der Waals surface area contributed by atoms with Gasteiger partial charge in [-0.15, -0.1) is 0 Å². The molecule has 1 amide bonds. The number of aryl methyl sites for hydroxylation is 1. The number of ether oxygens (including phenoxy) is 3. The Labute approximate surface area is 147 Å². The van der Waals surface area contributed by atoms with Crippen LogP contribution in [0, 0.1) is 13.8 Å². The number of esters is 1. The van der Waals surface area contributed by atoms with Crippen molar-refractivity contribution in [1.29, 1.82) is 0 Å². The Kier molecular flexibility index (Phi) is 8.18. The maximum atomic E-state index is 12.7. The van der Waals surface area contributed by atoms with Gasteiger partial charge in [-0.05, 0) is 38.0 Å². The predicted octanol–water partition coefficient (Wildman–Crippen LogP) is 2.51. The van der Waals surface area contributed by atoms with Gasteiger partial charge in [0.1, 0.15) is 12.6 Å². The van der Waals surface area contributed by atoms with Crippen LogP contribution in [0.1, 0.15) is 18.1 Å². The zero-order valence-corrected chi connectivity index (χ0v) is 15.5. The van der Waals surface area contributed by atoms with Crippen LogP contribution < -0.4 is 4.90 Å². The van der Waals surface area contributed by atoms with E-state index < -0.39 is 12.0 Å². The van der Waals surface area contributed by atoms with E-state index in [0.717, 1.165) is 11.1 Å². The molecule has 0 aliphatic rings. The van der Waals surface area contributed by atoms with Gasteiger partial charge < -0.3 is 14.2 Å². The molecule has 6 nitrogen and oxygen atoms in total. The van der Waals surface area contributed by atoms with Gasteiger partial charge in [0.2, 0.25) is 0 Å². The number of carbonyl (C=O) groups is 2. The van der Waals surface area contributed by atoms with E-state index in [2.05, 4.69) is 0 Å². The van der Waals surface area contributed by atoms with Crippen molar-refractivity contribution >= 4 is 29.2 Å². The van der Waals surface area contributed by atoms with Crippen LogP contribution in [0.2, 0.25) is 5.02 Å². The van der Waals surface area contributed by atoms with Crippen LogP contribution in [0.25, 0.3) is 0 Å². The van der Waals surface area contributed by atoms with Crippen molar-refractivity contribution in [3.63, 3.8) is 0 Å². The molecule has 0 saturated heterocycles. The van der Waals surface area contributed by atoms with Crippen LogP contribution in [0.4, 0.5) is 5.69 Å². The molecule has 0 heterocycles. The zero-order valence-electron chi connectivity index (χ0n) is 14.7. The maximum Gasteiger partial charge on any atom is 0.328 e. The fourth-order valence-corrected chi connectivity index (χ4v) is 2.52. The summed E-state index contributed by atoms with van der Waals surface area (Å²) in [4.78, 5) is 26.1. The van der Waals surface area contributed by atoms with Gasteiger partial charge in [-0.25, -0.2) is 4.79 Å². The van der Waals surface area contributed by atoms with Crippen LogP contribution in [0.3, 0.4) is 0 Å². The number of anilines is 1. The van der Waals surface area contributed by atoms with Crippen LogP contribution in [-0.4, -0.2) is 52.0 Å². The van der Waals surface area contributed by atoms with Crippen molar-refractivity contribution in [3.05, 3.63) is 28.3 Å². The largest absolute Gasteiger partial charge is 0.467 e. The summed E-state index contributed by atoms with van der Waals surface area (Å²) in [6.45, 7) is 5.77. The predicted molar refractivity (Wildman–Crippen MR) is 92.6 cm³/mol. The first-order chi connectivity index (χ1) is 11.3. The van der Waals surface area contributed by atoms with Crippen molar-refractivity contribution in [2.24, 2.45) is 0 Å². The molecule has 1 rings (SSSR count). The third-order valence-corrected chi connectivity index (χ3v) is 4.07. The number of hydrogen-bond acceptors (Lipinski definition) is 5. The van der Waals surface area contributed by atoms with Crippen molar-refractivity contribution < 1.29 is 23.8 Å². The fraction of sp³-hybridized carbons (Fsp3) is 0.529. The lowest BCUT2D eigenvalue weighted by molar-refractivity contribution is -0.143. The SMILES string of the molecule is COCCOCC(=O)N(c1c(C)ccc(Cl)c1C)C(C)C(=O)OC. The Hall–Kier alpha value is -1.63. The highest BCUT2D eigenvalue weighted by Crippen LogP contribution is 2.32. The summed E-state index contributed by atoms with van der Waals surface area (Å²) in [5, 5.41) is 0.519. The highest BCUT2D eigenvalue weighted by Gasteiger charge is 2.30. The third-order valence-electron chi connectivity index (χ3n) is 3.66. The van der Waals surface area contributed by atoms with E-state index in [1.807, 2.05) is 6.92 Å². The van der Waals surface area contributed by atoms with E-state index in [-0.39, 0.29) is 19.1 Å². The minimum atomic E-state index is -0.801. The summed E-state index contributed by atoms with van der Waals surface area (Å²) in [5.41, 5.74) is 2.15. The van der Waals surface area contributed by atoms with Gasteiger partial charge in [0.15, 0.2) is 0 Å². The number of halogens is 1. The van der Waals surface area contributed by atoms with E-state index in [1.165, 1.54) is 12.0 Å². The summed E-state index contributed by atoms with van der Waals surface area (Å²) < 4.78 is 15.0. The maximum absolute atomic E-state index is 12.7. The second-order valence-electron chi connectivity index (χ2n) is 5.35. The monoisotopic (exact) mass is 357 g/mol. The number of rotatable bonds is 8. The molecule has 0 radical (unpaired) electrons. The number of hydrogen-bond donors (Lipinski definition) is 0. The first-order valence-corrected chi connectivity index (χ1v) is 7.95. The number of nitrogens with zero attached hydrogens (tertiary/aromatic N) is 1. The van der Waals surface area contributed by atoms with Crippen molar-refractivity contribution in [2.75, 3.05) is 38.9 Å². The first-order valence-electron chi connectivity index (χ1n) is 7.57. The molecule has 1 aromatic rings. The highest BCUT2D eigenvalue weighted by atomic mass is 35.5. The van der Waals surface area contributed by atoms with E-state index in [0.29, 0.717) is 17.3 Å². The normalized spacial score (nSPS) is 11.9. The number of benzene rings is 1. The minimum absolute atomic E-state index is 0.171. The quantitative estimate of drug-likeness (QED) is 0.528. The van der Waals surface area contributed by atoms with Crippen molar-refractivity contribution in [2.45, 2.75) is 26.8 Å². The molecule has 0 spiro atoms. The molecule has 0 aromatic heterocycles. The van der Waals surface area contributed by atoms with E-state index in [4.69, 9.17) is 25.8 Å². The molecule has 0 fully saturated rings. The molecule has 134 valence electrons. The Morgan fingerprint density at radius 3 is 2.46 bits per heavy atom. The Morgan fingerprint density at radius 2 is 1.88 bits per heavy atom. The van der Waals surface area contributed by atoms with Crippen molar-refractivity contribution in [1.82, 2.24) is 0 Å². The topological polar surface area (TPSA) is 65.1 Å². The van der Waals surface area contributed by atoms with Gasteiger partial charge >= 0.3 is 5.97 Å². The molecule has 1 aromatic carbocycles. The second kappa shape index (κ2) is 9.61. The summed E-state index contributed by atoms with van der Waals surface area (Å²) >= 11 is 6.20. The van der Waals surface area contributed by atoms with E-state index in [9.17, 15) is 9.59 Å². The van der Waals surface area contributed by atoms with Crippen molar-refractivity contribution in [3.8, 4) is 0 Å². The summed E-state index contributed by atoms with van der Waals surface area (Å²) in [5.74, 6) is -0.864. The Balaban J connectivity index is 3.18. The van der Waals surface area contributed by atoms with Gasteiger partial charge in [0, 0.05) is 12.1 Å². The Morgan fingerprint density at radius 1 is 1.21 bits per heavy atom.